The number of piperidine rings is 1. The molecule has 1 atom stereocenters. The standard InChI is InChI=1S/C21H26N6O/c1-21(2,3)19-14-27(25-24-19)13-15-5-4-10-26(12-15)20(28)16-6-7-17-18(11-16)23-9-8-22-17/h6-9,11,14-15H,4-5,10,12-13H2,1-3H3/t15-/m1/s1. The lowest BCUT2D eigenvalue weighted by Crippen LogP contribution is -2.41. The highest BCUT2D eigenvalue weighted by atomic mass is 16.2. The molecule has 4 rings (SSSR count). The van der Waals surface area contributed by atoms with Crippen LogP contribution in [0.5, 0.6) is 0 Å². The smallest absolute Gasteiger partial charge is 0.253 e. The maximum Gasteiger partial charge on any atom is 0.253 e. The van der Waals surface area contributed by atoms with E-state index in [2.05, 4.69) is 41.1 Å². The van der Waals surface area contributed by atoms with Crippen LogP contribution in [-0.4, -0.2) is 48.9 Å². The van der Waals surface area contributed by atoms with Gasteiger partial charge in [0.25, 0.3) is 5.91 Å². The summed E-state index contributed by atoms with van der Waals surface area (Å²) in [4.78, 5) is 23.6. The fourth-order valence-electron chi connectivity index (χ4n) is 3.67. The van der Waals surface area contributed by atoms with Crippen molar-refractivity contribution in [3.05, 3.63) is 48.0 Å². The Bertz CT molecular complexity index is 990. The van der Waals surface area contributed by atoms with Crippen LogP contribution < -0.4 is 0 Å². The van der Waals surface area contributed by atoms with Crippen molar-refractivity contribution in [2.45, 2.75) is 45.6 Å². The van der Waals surface area contributed by atoms with Gasteiger partial charge in [-0.25, -0.2) is 0 Å². The van der Waals surface area contributed by atoms with Crippen LogP contribution in [0.2, 0.25) is 0 Å². The summed E-state index contributed by atoms with van der Waals surface area (Å²) in [5.74, 6) is 0.443. The summed E-state index contributed by atoms with van der Waals surface area (Å²) in [5, 5.41) is 8.59. The number of aromatic nitrogens is 5. The van der Waals surface area contributed by atoms with Gasteiger partial charge in [0.2, 0.25) is 0 Å². The summed E-state index contributed by atoms with van der Waals surface area (Å²) in [5.41, 5.74) is 3.21. The lowest BCUT2D eigenvalue weighted by molar-refractivity contribution is 0.0659. The highest BCUT2D eigenvalue weighted by molar-refractivity contribution is 5.97. The van der Waals surface area contributed by atoms with Gasteiger partial charge in [0.1, 0.15) is 0 Å². The largest absolute Gasteiger partial charge is 0.338 e. The molecule has 3 heterocycles. The van der Waals surface area contributed by atoms with Crippen LogP contribution in [0.1, 0.15) is 49.7 Å². The first-order valence-corrected chi connectivity index (χ1v) is 9.81. The monoisotopic (exact) mass is 378 g/mol. The van der Waals surface area contributed by atoms with Gasteiger partial charge < -0.3 is 4.90 Å². The van der Waals surface area contributed by atoms with Gasteiger partial charge in [-0.15, -0.1) is 5.10 Å². The number of carbonyl (C=O) groups excluding carboxylic acids is 1. The molecule has 0 spiro atoms. The number of amides is 1. The van der Waals surface area contributed by atoms with Gasteiger partial charge in [0.05, 0.1) is 16.7 Å². The number of benzene rings is 1. The van der Waals surface area contributed by atoms with Crippen LogP contribution in [0.25, 0.3) is 11.0 Å². The van der Waals surface area contributed by atoms with Crippen molar-refractivity contribution in [2.75, 3.05) is 13.1 Å². The minimum atomic E-state index is -0.00814. The van der Waals surface area contributed by atoms with E-state index in [1.54, 1.807) is 12.4 Å². The quantitative estimate of drug-likeness (QED) is 0.700. The van der Waals surface area contributed by atoms with E-state index in [0.717, 1.165) is 49.2 Å². The lowest BCUT2D eigenvalue weighted by Gasteiger charge is -2.32. The average molecular weight is 378 g/mol. The van der Waals surface area contributed by atoms with Gasteiger partial charge in [-0.2, -0.15) is 0 Å². The van der Waals surface area contributed by atoms with E-state index >= 15 is 0 Å². The van der Waals surface area contributed by atoms with E-state index in [0.29, 0.717) is 11.5 Å². The molecule has 7 heteroatoms. The first-order valence-electron chi connectivity index (χ1n) is 9.81. The van der Waals surface area contributed by atoms with Gasteiger partial charge in [0.15, 0.2) is 0 Å². The maximum absolute atomic E-state index is 13.0. The van der Waals surface area contributed by atoms with E-state index in [1.165, 1.54) is 0 Å². The fourth-order valence-corrected chi connectivity index (χ4v) is 3.67. The predicted octanol–water partition coefficient (Wildman–Crippen LogP) is 3.07. The van der Waals surface area contributed by atoms with Crippen molar-refractivity contribution in [1.82, 2.24) is 29.9 Å². The number of nitrogens with zero attached hydrogens (tertiary/aromatic N) is 6. The topological polar surface area (TPSA) is 76.8 Å². The van der Waals surface area contributed by atoms with Gasteiger partial charge >= 0.3 is 0 Å². The van der Waals surface area contributed by atoms with Crippen molar-refractivity contribution in [2.24, 2.45) is 5.92 Å². The minimum absolute atomic E-state index is 0.00814. The molecular weight excluding hydrogens is 352 g/mol. The number of carbonyl (C=O) groups is 1. The Morgan fingerprint density at radius 2 is 1.96 bits per heavy atom. The molecule has 2 aromatic heterocycles. The molecule has 0 aliphatic carbocycles. The van der Waals surface area contributed by atoms with Crippen molar-refractivity contribution in [1.29, 1.82) is 0 Å². The Labute approximate surface area is 164 Å². The Kier molecular flexibility index (Phi) is 4.83. The zero-order valence-electron chi connectivity index (χ0n) is 16.7. The average Bonchev–Trinajstić information content (AvgIpc) is 3.16. The number of hydrogen-bond donors (Lipinski definition) is 0. The highest BCUT2D eigenvalue weighted by Gasteiger charge is 2.26. The summed E-state index contributed by atoms with van der Waals surface area (Å²) in [6.45, 7) is 8.72. The maximum atomic E-state index is 13.0. The second-order valence-corrected chi connectivity index (χ2v) is 8.60. The zero-order valence-corrected chi connectivity index (χ0v) is 16.7. The van der Waals surface area contributed by atoms with Crippen LogP contribution in [-0.2, 0) is 12.0 Å². The third kappa shape index (κ3) is 3.88. The van der Waals surface area contributed by atoms with Gasteiger partial charge in [-0.3, -0.25) is 19.4 Å². The van der Waals surface area contributed by atoms with Crippen LogP contribution in [0.4, 0.5) is 0 Å². The number of likely N-dealkylation sites (tertiary alicyclic amines) is 1. The van der Waals surface area contributed by atoms with E-state index in [1.807, 2.05) is 34.0 Å². The Balaban J connectivity index is 1.45. The molecule has 3 aromatic rings. The summed E-state index contributed by atoms with van der Waals surface area (Å²) >= 11 is 0. The molecule has 1 fully saturated rings. The lowest BCUT2D eigenvalue weighted by atomic mass is 9.93. The molecule has 1 aromatic carbocycles. The van der Waals surface area contributed by atoms with Gasteiger partial charge in [-0.1, -0.05) is 26.0 Å². The van der Waals surface area contributed by atoms with E-state index in [9.17, 15) is 4.79 Å². The predicted molar refractivity (Wildman–Crippen MR) is 107 cm³/mol. The molecule has 0 bridgehead atoms. The molecule has 1 saturated heterocycles. The molecule has 0 radical (unpaired) electrons. The molecule has 0 saturated carbocycles. The minimum Gasteiger partial charge on any atom is -0.338 e. The second-order valence-electron chi connectivity index (χ2n) is 8.60. The zero-order chi connectivity index (χ0) is 19.7. The molecule has 1 aliphatic heterocycles. The van der Waals surface area contributed by atoms with Crippen molar-refractivity contribution in [3.63, 3.8) is 0 Å². The molecular formula is C21H26N6O. The van der Waals surface area contributed by atoms with Crippen molar-refractivity contribution < 1.29 is 4.79 Å². The third-order valence-corrected chi connectivity index (χ3v) is 5.27. The number of rotatable bonds is 3. The summed E-state index contributed by atoms with van der Waals surface area (Å²) in [6, 6.07) is 5.54. The molecule has 1 amide bonds. The van der Waals surface area contributed by atoms with Crippen molar-refractivity contribution >= 4 is 16.9 Å². The van der Waals surface area contributed by atoms with Crippen LogP contribution in [0.15, 0.2) is 36.8 Å². The summed E-state index contributed by atoms with van der Waals surface area (Å²) in [7, 11) is 0. The van der Waals surface area contributed by atoms with Gasteiger partial charge in [-0.05, 0) is 37.0 Å². The van der Waals surface area contributed by atoms with E-state index in [-0.39, 0.29) is 11.3 Å². The Hall–Kier alpha value is -2.83. The first-order chi connectivity index (χ1) is 13.4. The fraction of sp³-hybridized carbons (Fsp3) is 0.476. The highest BCUT2D eigenvalue weighted by Crippen LogP contribution is 2.23. The Morgan fingerprint density at radius 3 is 2.71 bits per heavy atom. The molecule has 1 aliphatic rings. The SMILES string of the molecule is CC(C)(C)c1cn(C[C@@H]2CCCN(C(=O)c3ccc4nccnc4c3)C2)nn1. The van der Waals surface area contributed by atoms with Crippen molar-refractivity contribution in [3.8, 4) is 0 Å². The molecule has 146 valence electrons. The van der Waals surface area contributed by atoms with Crippen LogP contribution >= 0.6 is 0 Å². The van der Waals surface area contributed by atoms with Gasteiger partial charge in [0, 0.05) is 49.2 Å². The van der Waals surface area contributed by atoms with Crippen LogP contribution in [0, 0.1) is 5.92 Å². The number of fused-ring (bicyclic) bond motifs is 1. The normalized spacial score (nSPS) is 17.8. The first kappa shape index (κ1) is 18.5. The third-order valence-electron chi connectivity index (χ3n) is 5.27. The number of hydrogen-bond acceptors (Lipinski definition) is 5. The summed E-state index contributed by atoms with van der Waals surface area (Å²) in [6.07, 6.45) is 7.44. The Morgan fingerprint density at radius 1 is 1.18 bits per heavy atom. The second kappa shape index (κ2) is 7.30. The van der Waals surface area contributed by atoms with E-state index in [4.69, 9.17) is 0 Å². The summed E-state index contributed by atoms with van der Waals surface area (Å²) < 4.78 is 1.92. The molecule has 0 unspecified atom stereocenters. The molecule has 0 N–H and O–H groups in total. The molecule has 7 nitrogen and oxygen atoms in total. The molecule has 28 heavy (non-hydrogen) atoms. The van der Waals surface area contributed by atoms with Crippen LogP contribution in [0.3, 0.4) is 0 Å². The van der Waals surface area contributed by atoms with E-state index < -0.39 is 0 Å².